The molecule has 1 aliphatic rings. The molecule has 2 heterocycles. The first kappa shape index (κ1) is 17.7. The molecular formula is C21H25N5O. The number of hydrogen-bond acceptors (Lipinski definition) is 4. The average Bonchev–Trinajstić information content (AvgIpc) is 3.06. The minimum Gasteiger partial charge on any atom is -0.369 e. The largest absolute Gasteiger partial charge is 0.369 e. The van der Waals surface area contributed by atoms with Crippen LogP contribution in [0.25, 0.3) is 11.0 Å². The predicted molar refractivity (Wildman–Crippen MR) is 105 cm³/mol. The maximum atomic E-state index is 12.1. The SMILES string of the molecule is Cn1nnc2c(CN3CCC(C(C(N)=O)c4ccccc4)CC3)cccc21. The predicted octanol–water partition coefficient (Wildman–Crippen LogP) is 2.45. The zero-order chi connectivity index (χ0) is 18.8. The molecule has 1 atom stereocenters. The summed E-state index contributed by atoms with van der Waals surface area (Å²) in [5, 5.41) is 8.45. The van der Waals surface area contributed by atoms with Gasteiger partial charge >= 0.3 is 0 Å². The van der Waals surface area contributed by atoms with Crippen molar-refractivity contribution in [3.63, 3.8) is 0 Å². The first-order chi connectivity index (χ1) is 13.1. The number of likely N-dealkylation sites (tertiary alicyclic amines) is 1. The zero-order valence-corrected chi connectivity index (χ0v) is 15.6. The van der Waals surface area contributed by atoms with Crippen LogP contribution in [0.3, 0.4) is 0 Å². The molecule has 0 radical (unpaired) electrons. The second kappa shape index (κ2) is 7.48. The van der Waals surface area contributed by atoms with Crippen molar-refractivity contribution in [1.82, 2.24) is 19.9 Å². The highest BCUT2D eigenvalue weighted by atomic mass is 16.1. The highest BCUT2D eigenvalue weighted by Gasteiger charge is 2.31. The van der Waals surface area contributed by atoms with E-state index in [1.165, 1.54) is 5.56 Å². The third-order valence-corrected chi connectivity index (χ3v) is 5.69. The Morgan fingerprint density at radius 1 is 1.15 bits per heavy atom. The number of piperidine rings is 1. The number of nitrogens with zero attached hydrogens (tertiary/aromatic N) is 4. The second-order valence-corrected chi connectivity index (χ2v) is 7.40. The van der Waals surface area contributed by atoms with Crippen LogP contribution in [0.5, 0.6) is 0 Å². The highest BCUT2D eigenvalue weighted by molar-refractivity contribution is 5.82. The van der Waals surface area contributed by atoms with Crippen LogP contribution < -0.4 is 5.73 Å². The van der Waals surface area contributed by atoms with Gasteiger partial charge in [0.05, 0.1) is 11.4 Å². The normalized spacial score (nSPS) is 17.2. The molecule has 140 valence electrons. The van der Waals surface area contributed by atoms with Gasteiger partial charge in [-0.3, -0.25) is 9.69 Å². The number of fused-ring (bicyclic) bond motifs is 1. The van der Waals surface area contributed by atoms with Crippen LogP contribution in [0.4, 0.5) is 0 Å². The fourth-order valence-electron chi connectivity index (χ4n) is 4.26. The topological polar surface area (TPSA) is 77.0 Å². The van der Waals surface area contributed by atoms with Gasteiger partial charge in [-0.15, -0.1) is 5.10 Å². The summed E-state index contributed by atoms with van der Waals surface area (Å²) in [7, 11) is 1.91. The summed E-state index contributed by atoms with van der Waals surface area (Å²) in [6.45, 7) is 2.77. The Kier molecular flexibility index (Phi) is 4.90. The minimum atomic E-state index is -0.219. The van der Waals surface area contributed by atoms with E-state index in [4.69, 9.17) is 5.73 Å². The van der Waals surface area contributed by atoms with Gasteiger partial charge in [-0.1, -0.05) is 47.7 Å². The average molecular weight is 363 g/mol. The van der Waals surface area contributed by atoms with Gasteiger partial charge in [0.15, 0.2) is 0 Å². The number of nitrogens with two attached hydrogens (primary N) is 1. The number of primary amides is 1. The van der Waals surface area contributed by atoms with Crippen molar-refractivity contribution in [2.45, 2.75) is 25.3 Å². The molecule has 1 amide bonds. The molecule has 0 saturated carbocycles. The van der Waals surface area contributed by atoms with Crippen LogP contribution in [0.1, 0.15) is 29.9 Å². The number of benzene rings is 2. The molecule has 1 fully saturated rings. The Balaban J connectivity index is 1.44. The van der Waals surface area contributed by atoms with Crippen molar-refractivity contribution >= 4 is 16.9 Å². The monoisotopic (exact) mass is 363 g/mol. The molecule has 0 bridgehead atoms. The molecule has 1 aromatic heterocycles. The molecule has 4 rings (SSSR count). The van der Waals surface area contributed by atoms with E-state index in [0.717, 1.165) is 49.1 Å². The minimum absolute atomic E-state index is 0.197. The van der Waals surface area contributed by atoms with Gasteiger partial charge in [0.2, 0.25) is 5.91 Å². The van der Waals surface area contributed by atoms with Crippen molar-refractivity contribution in [2.24, 2.45) is 18.7 Å². The maximum absolute atomic E-state index is 12.1. The highest BCUT2D eigenvalue weighted by Crippen LogP contribution is 2.33. The van der Waals surface area contributed by atoms with E-state index in [-0.39, 0.29) is 11.8 Å². The van der Waals surface area contributed by atoms with E-state index in [2.05, 4.69) is 27.3 Å². The fraction of sp³-hybridized carbons (Fsp3) is 0.381. The third kappa shape index (κ3) is 3.57. The molecule has 1 aliphatic heterocycles. The van der Waals surface area contributed by atoms with Crippen molar-refractivity contribution in [3.8, 4) is 0 Å². The van der Waals surface area contributed by atoms with E-state index in [1.54, 1.807) is 0 Å². The maximum Gasteiger partial charge on any atom is 0.225 e. The Labute approximate surface area is 159 Å². The molecular weight excluding hydrogens is 338 g/mol. The van der Waals surface area contributed by atoms with Crippen LogP contribution in [0.15, 0.2) is 48.5 Å². The summed E-state index contributed by atoms with van der Waals surface area (Å²) in [5.41, 5.74) is 10.0. The van der Waals surface area contributed by atoms with E-state index >= 15 is 0 Å². The van der Waals surface area contributed by atoms with Crippen LogP contribution in [-0.2, 0) is 18.4 Å². The van der Waals surface area contributed by atoms with Gasteiger partial charge in [0.1, 0.15) is 5.52 Å². The van der Waals surface area contributed by atoms with Crippen LogP contribution in [0, 0.1) is 5.92 Å². The van der Waals surface area contributed by atoms with Gasteiger partial charge < -0.3 is 5.73 Å². The summed E-state index contributed by atoms with van der Waals surface area (Å²) in [6.07, 6.45) is 1.94. The van der Waals surface area contributed by atoms with Crippen molar-refractivity contribution in [2.75, 3.05) is 13.1 Å². The van der Waals surface area contributed by atoms with Crippen molar-refractivity contribution < 1.29 is 4.79 Å². The van der Waals surface area contributed by atoms with Crippen LogP contribution >= 0.6 is 0 Å². The molecule has 1 saturated heterocycles. The Hall–Kier alpha value is -2.73. The smallest absolute Gasteiger partial charge is 0.225 e. The molecule has 6 heteroatoms. The lowest BCUT2D eigenvalue weighted by atomic mass is 9.79. The fourth-order valence-corrected chi connectivity index (χ4v) is 4.26. The lowest BCUT2D eigenvalue weighted by molar-refractivity contribution is -0.121. The van der Waals surface area contributed by atoms with Crippen LogP contribution in [-0.4, -0.2) is 38.9 Å². The first-order valence-corrected chi connectivity index (χ1v) is 9.47. The van der Waals surface area contributed by atoms with E-state index in [9.17, 15) is 4.79 Å². The molecule has 6 nitrogen and oxygen atoms in total. The lowest BCUT2D eigenvalue weighted by Crippen LogP contribution is -2.38. The molecule has 1 unspecified atom stereocenters. The number of carbonyl (C=O) groups excluding carboxylic acids is 1. The summed E-state index contributed by atoms with van der Waals surface area (Å²) >= 11 is 0. The summed E-state index contributed by atoms with van der Waals surface area (Å²) in [6, 6.07) is 16.2. The van der Waals surface area contributed by atoms with Crippen LogP contribution in [0.2, 0.25) is 0 Å². The van der Waals surface area contributed by atoms with Gasteiger partial charge in [0, 0.05) is 13.6 Å². The Bertz CT molecular complexity index is 928. The van der Waals surface area contributed by atoms with E-state index in [1.807, 2.05) is 48.1 Å². The zero-order valence-electron chi connectivity index (χ0n) is 15.6. The van der Waals surface area contributed by atoms with Gasteiger partial charge in [0.25, 0.3) is 0 Å². The molecule has 0 spiro atoms. The standard InChI is InChI=1S/C21H25N5O/c1-25-18-9-5-8-17(20(18)23-24-25)14-26-12-10-16(11-13-26)19(21(22)27)15-6-3-2-4-7-15/h2-9,16,19H,10-14H2,1H3,(H2,22,27). The van der Waals surface area contributed by atoms with Gasteiger partial charge in [-0.25, -0.2) is 4.68 Å². The van der Waals surface area contributed by atoms with Crippen molar-refractivity contribution in [3.05, 3.63) is 59.7 Å². The number of aryl methyl sites for hydroxylation is 1. The Morgan fingerprint density at radius 2 is 1.89 bits per heavy atom. The number of hydrogen-bond donors (Lipinski definition) is 1. The summed E-state index contributed by atoms with van der Waals surface area (Å²) < 4.78 is 1.81. The number of carbonyl (C=O) groups is 1. The summed E-state index contributed by atoms with van der Waals surface area (Å²) in [4.78, 5) is 14.5. The van der Waals surface area contributed by atoms with Gasteiger partial charge in [-0.05, 0) is 49.0 Å². The number of amides is 1. The second-order valence-electron chi connectivity index (χ2n) is 7.40. The molecule has 2 aromatic carbocycles. The third-order valence-electron chi connectivity index (χ3n) is 5.69. The number of aromatic nitrogens is 3. The molecule has 27 heavy (non-hydrogen) atoms. The van der Waals surface area contributed by atoms with E-state index in [0.29, 0.717) is 5.92 Å². The molecule has 3 aromatic rings. The molecule has 0 aliphatic carbocycles. The lowest BCUT2D eigenvalue weighted by Gasteiger charge is -2.35. The van der Waals surface area contributed by atoms with E-state index < -0.39 is 0 Å². The van der Waals surface area contributed by atoms with Crippen molar-refractivity contribution in [1.29, 1.82) is 0 Å². The first-order valence-electron chi connectivity index (χ1n) is 9.47. The quantitative estimate of drug-likeness (QED) is 0.755. The van der Waals surface area contributed by atoms with Gasteiger partial charge in [-0.2, -0.15) is 0 Å². The Morgan fingerprint density at radius 3 is 2.59 bits per heavy atom. The molecule has 2 N–H and O–H groups in total. The summed E-state index contributed by atoms with van der Waals surface area (Å²) in [5.74, 6) is -0.116. The number of rotatable bonds is 5.